The molecule has 0 aliphatic carbocycles. The van der Waals surface area contributed by atoms with Crippen LogP contribution >= 0.6 is 11.6 Å². The molecular weight excluding hydrogens is 318 g/mol. The molecule has 3 rings (SSSR count). The highest BCUT2D eigenvalue weighted by Gasteiger charge is 2.27. The Labute approximate surface area is 137 Å². The Morgan fingerprint density at radius 3 is 2.74 bits per heavy atom. The fraction of sp³-hybridized carbons (Fsp3) is 0.133. The first-order valence-corrected chi connectivity index (χ1v) is 7.45. The minimum absolute atomic E-state index is 0.150. The van der Waals surface area contributed by atoms with E-state index in [1.165, 1.54) is 0 Å². The van der Waals surface area contributed by atoms with Crippen LogP contribution < -0.4 is 21.5 Å². The highest BCUT2D eigenvalue weighted by molar-refractivity contribution is 6.27. The van der Waals surface area contributed by atoms with Gasteiger partial charge in [0.15, 0.2) is 5.82 Å². The van der Waals surface area contributed by atoms with Gasteiger partial charge in [0.1, 0.15) is 17.7 Å². The number of benzene rings is 1. The minimum Gasteiger partial charge on any atom is -0.353 e. The molecule has 0 saturated carbocycles. The fourth-order valence-electron chi connectivity index (χ4n) is 2.19. The average Bonchev–Trinajstić information content (AvgIpc) is 2.59. The highest BCUT2D eigenvalue weighted by Crippen LogP contribution is 2.31. The van der Waals surface area contributed by atoms with Gasteiger partial charge >= 0.3 is 0 Å². The molecule has 0 spiro atoms. The lowest BCUT2D eigenvalue weighted by Gasteiger charge is -2.26. The molecule has 4 N–H and O–H groups in total. The first-order chi connectivity index (χ1) is 11.2. The van der Waals surface area contributed by atoms with Crippen LogP contribution in [0.4, 0.5) is 17.3 Å². The van der Waals surface area contributed by atoms with Crippen molar-refractivity contribution in [2.24, 2.45) is 0 Å². The highest BCUT2D eigenvalue weighted by atomic mass is 35.5. The Morgan fingerprint density at radius 1 is 1.22 bits per heavy atom. The molecule has 1 aliphatic heterocycles. The van der Waals surface area contributed by atoms with Crippen molar-refractivity contribution in [2.45, 2.75) is 6.04 Å². The number of anilines is 3. The van der Waals surface area contributed by atoms with Crippen LogP contribution in [-0.4, -0.2) is 22.7 Å². The Hall–Kier alpha value is -2.80. The van der Waals surface area contributed by atoms with Crippen molar-refractivity contribution < 1.29 is 9.59 Å². The maximum Gasteiger partial charge on any atom is 0.253 e. The molecule has 2 aromatic rings. The molecule has 7 nitrogen and oxygen atoms in total. The maximum absolute atomic E-state index is 12.2. The van der Waals surface area contributed by atoms with Gasteiger partial charge in [0.05, 0.1) is 5.69 Å². The van der Waals surface area contributed by atoms with E-state index in [0.29, 0.717) is 17.3 Å². The summed E-state index contributed by atoms with van der Waals surface area (Å²) in [5.74, 6) is 0.278. The van der Waals surface area contributed by atoms with Crippen LogP contribution in [0.25, 0.3) is 0 Å². The number of fused-ring (bicyclic) bond motifs is 1. The van der Waals surface area contributed by atoms with Gasteiger partial charge in [-0.05, 0) is 17.7 Å². The lowest BCUT2D eigenvalue weighted by atomic mass is 10.0. The predicted molar refractivity (Wildman–Crippen MR) is 88.2 cm³/mol. The van der Waals surface area contributed by atoms with Crippen LogP contribution in [0.15, 0.2) is 42.5 Å². The lowest BCUT2D eigenvalue weighted by molar-refractivity contribution is -0.118. The molecule has 2 heterocycles. The number of amides is 2. The van der Waals surface area contributed by atoms with E-state index in [9.17, 15) is 9.59 Å². The van der Waals surface area contributed by atoms with Gasteiger partial charge in [-0.3, -0.25) is 20.4 Å². The average molecular weight is 332 g/mol. The van der Waals surface area contributed by atoms with E-state index in [1.807, 2.05) is 30.3 Å². The van der Waals surface area contributed by atoms with Crippen molar-refractivity contribution in [3.05, 3.63) is 48.0 Å². The number of carbonyl (C=O) groups is 2. The molecule has 1 atom stereocenters. The van der Waals surface area contributed by atoms with Gasteiger partial charge in [0, 0.05) is 0 Å². The zero-order chi connectivity index (χ0) is 16.2. The number of hydrogen-bond donors (Lipinski definition) is 4. The van der Waals surface area contributed by atoms with Gasteiger partial charge in [-0.15, -0.1) is 11.6 Å². The second kappa shape index (κ2) is 6.53. The summed E-state index contributed by atoms with van der Waals surface area (Å²) in [5, 5.41) is 5.91. The fourth-order valence-corrected chi connectivity index (χ4v) is 2.26. The van der Waals surface area contributed by atoms with Crippen molar-refractivity contribution >= 4 is 40.7 Å². The van der Waals surface area contributed by atoms with Crippen LogP contribution in [0.2, 0.25) is 0 Å². The molecule has 0 radical (unpaired) electrons. The number of halogens is 1. The Morgan fingerprint density at radius 2 is 2.00 bits per heavy atom. The Bertz CT molecular complexity index is 738. The number of pyridine rings is 1. The van der Waals surface area contributed by atoms with Crippen molar-refractivity contribution in [2.75, 3.05) is 21.9 Å². The number of alkyl halides is 1. The summed E-state index contributed by atoms with van der Waals surface area (Å²) in [6.45, 7) is 0. The van der Waals surface area contributed by atoms with Gasteiger partial charge in [-0.25, -0.2) is 4.98 Å². The monoisotopic (exact) mass is 331 g/mol. The van der Waals surface area contributed by atoms with Crippen molar-refractivity contribution in [1.82, 2.24) is 10.4 Å². The van der Waals surface area contributed by atoms with Crippen molar-refractivity contribution in [1.29, 1.82) is 0 Å². The van der Waals surface area contributed by atoms with E-state index < -0.39 is 6.04 Å². The third-order valence-corrected chi connectivity index (χ3v) is 3.52. The number of nitrogens with one attached hydrogen (secondary N) is 4. The number of nitrogens with zero attached hydrogens (tertiary/aromatic N) is 1. The molecule has 1 aromatic carbocycles. The molecule has 23 heavy (non-hydrogen) atoms. The standard InChI is InChI=1S/C15H14ClN5O2/c16-8-12(22)21-20-11-7-6-10-14(18-11)19-13(15(23)17-10)9-4-2-1-3-5-9/h1-7,13H,8H2,(H,17,23)(H,21,22)(H2,18,19,20). The van der Waals surface area contributed by atoms with Crippen LogP contribution in [0.5, 0.6) is 0 Å². The first kappa shape index (κ1) is 15.1. The molecule has 8 heteroatoms. The van der Waals surface area contributed by atoms with E-state index in [1.54, 1.807) is 12.1 Å². The molecule has 0 fully saturated rings. The third-order valence-electron chi connectivity index (χ3n) is 3.28. The topological polar surface area (TPSA) is 95.2 Å². The summed E-state index contributed by atoms with van der Waals surface area (Å²) < 4.78 is 0. The van der Waals surface area contributed by atoms with Gasteiger partial charge in [0.25, 0.3) is 11.8 Å². The molecule has 118 valence electrons. The van der Waals surface area contributed by atoms with E-state index >= 15 is 0 Å². The van der Waals surface area contributed by atoms with E-state index in [2.05, 4.69) is 26.5 Å². The van der Waals surface area contributed by atoms with Crippen LogP contribution in [0.3, 0.4) is 0 Å². The first-order valence-electron chi connectivity index (χ1n) is 6.91. The van der Waals surface area contributed by atoms with Gasteiger partial charge in [0.2, 0.25) is 0 Å². The van der Waals surface area contributed by atoms with Crippen LogP contribution in [0.1, 0.15) is 11.6 Å². The number of hydrogen-bond acceptors (Lipinski definition) is 5. The molecule has 2 amide bonds. The largest absolute Gasteiger partial charge is 0.353 e. The molecular formula is C15H14ClN5O2. The SMILES string of the molecule is O=C(CCl)NNc1ccc2c(n1)NC(c1ccccc1)C(=O)N2. The Balaban J connectivity index is 1.80. The second-order valence-electron chi connectivity index (χ2n) is 4.88. The Kier molecular flexibility index (Phi) is 4.29. The van der Waals surface area contributed by atoms with Crippen LogP contribution in [-0.2, 0) is 9.59 Å². The van der Waals surface area contributed by atoms with Gasteiger partial charge in [-0.1, -0.05) is 30.3 Å². The predicted octanol–water partition coefficient (Wildman–Crippen LogP) is 1.87. The normalized spacial score (nSPS) is 15.9. The zero-order valence-electron chi connectivity index (χ0n) is 12.0. The third kappa shape index (κ3) is 3.35. The second-order valence-corrected chi connectivity index (χ2v) is 5.14. The summed E-state index contributed by atoms with van der Waals surface area (Å²) in [6, 6.07) is 12.2. The minimum atomic E-state index is -0.524. The molecule has 1 aromatic heterocycles. The summed E-state index contributed by atoms with van der Waals surface area (Å²) in [6.07, 6.45) is 0. The number of hydrazine groups is 1. The maximum atomic E-state index is 12.2. The van der Waals surface area contributed by atoms with Gasteiger partial charge in [-0.2, -0.15) is 0 Å². The smallest absolute Gasteiger partial charge is 0.253 e. The van der Waals surface area contributed by atoms with Crippen molar-refractivity contribution in [3.63, 3.8) is 0 Å². The lowest BCUT2D eigenvalue weighted by Crippen LogP contribution is -2.33. The zero-order valence-corrected chi connectivity index (χ0v) is 12.7. The molecule has 1 unspecified atom stereocenters. The van der Waals surface area contributed by atoms with E-state index in [4.69, 9.17) is 11.6 Å². The van der Waals surface area contributed by atoms with E-state index in [-0.39, 0.29) is 17.7 Å². The summed E-state index contributed by atoms with van der Waals surface area (Å²) in [5.41, 5.74) is 6.49. The summed E-state index contributed by atoms with van der Waals surface area (Å²) >= 11 is 5.40. The summed E-state index contributed by atoms with van der Waals surface area (Å²) in [4.78, 5) is 27.7. The van der Waals surface area contributed by atoms with Crippen molar-refractivity contribution in [3.8, 4) is 0 Å². The molecule has 0 bridgehead atoms. The number of rotatable bonds is 4. The van der Waals surface area contributed by atoms with Crippen LogP contribution in [0, 0.1) is 0 Å². The molecule has 1 aliphatic rings. The number of carbonyl (C=O) groups excluding carboxylic acids is 2. The number of aromatic nitrogens is 1. The van der Waals surface area contributed by atoms with E-state index in [0.717, 1.165) is 5.56 Å². The summed E-state index contributed by atoms with van der Waals surface area (Å²) in [7, 11) is 0. The quantitative estimate of drug-likeness (QED) is 0.507. The van der Waals surface area contributed by atoms with Gasteiger partial charge < -0.3 is 10.6 Å². The molecule has 0 saturated heterocycles.